The zero-order valence-electron chi connectivity index (χ0n) is 59.8. The highest BCUT2D eigenvalue weighted by atomic mass is 15.0. The van der Waals surface area contributed by atoms with E-state index >= 15 is 0 Å². The van der Waals surface area contributed by atoms with E-state index in [-0.39, 0.29) is 5.92 Å². The summed E-state index contributed by atoms with van der Waals surface area (Å²) in [4.78, 5) is 0. The first kappa shape index (κ1) is 63.8. The second-order valence-electron chi connectivity index (χ2n) is 28.7. The number of nitrogens with zero attached hydrogens (tertiary/aromatic N) is 3. The summed E-state index contributed by atoms with van der Waals surface area (Å²) in [6, 6.07) is 154. The van der Waals surface area contributed by atoms with Crippen LogP contribution in [-0.2, 0) is 5.41 Å². The van der Waals surface area contributed by atoms with Crippen molar-refractivity contribution < 1.29 is 0 Å². The predicted octanol–water partition coefficient (Wildman–Crippen LogP) is 27.2. The van der Waals surface area contributed by atoms with Gasteiger partial charge in [-0.2, -0.15) is 0 Å². The molecule has 20 aromatic rings. The maximum absolute atomic E-state index is 2.47. The van der Waals surface area contributed by atoms with E-state index in [2.05, 4.69) is 439 Å². The van der Waals surface area contributed by atoms with Crippen molar-refractivity contribution in [2.24, 2.45) is 0 Å². The van der Waals surface area contributed by atoms with Crippen LogP contribution in [0.15, 0.2) is 419 Å². The van der Waals surface area contributed by atoms with Crippen LogP contribution in [-0.4, -0.2) is 13.7 Å². The van der Waals surface area contributed by atoms with Gasteiger partial charge in [-0.15, -0.1) is 0 Å². The SMILES string of the molecule is Cc1ccc2c(c1)c1cc(-c3ccc4c(c3)-c3ccccc3C4c3ccccc3)ccc1n2-c1cccc(-c2ccccc2)c1.c1ccc(-c2cccc(-n3c4ccc(-c5ccc6c(c5)c5ccccc5n6-c5ccccc5)cc4c4cc(C(c5ccccc5)(c5ccccc5)c5ccccc5)ccc43)c2)cc1. The lowest BCUT2D eigenvalue weighted by molar-refractivity contribution is 0.746. The van der Waals surface area contributed by atoms with E-state index in [0.717, 1.165) is 11.4 Å². The van der Waals surface area contributed by atoms with Gasteiger partial charge >= 0.3 is 0 Å². The molecular formula is C105H73N3. The molecule has 108 heavy (non-hydrogen) atoms. The number of aryl methyl sites for hydroxylation is 1. The summed E-state index contributed by atoms with van der Waals surface area (Å²) in [5.41, 5.74) is 32.8. The molecule has 21 rings (SSSR count). The first-order valence-electron chi connectivity index (χ1n) is 37.5. The van der Waals surface area contributed by atoms with Gasteiger partial charge in [0, 0.05) is 55.3 Å². The minimum absolute atomic E-state index is 0.265. The summed E-state index contributed by atoms with van der Waals surface area (Å²) in [6.45, 7) is 2.18. The average molecular weight is 1380 g/mol. The van der Waals surface area contributed by atoms with Crippen LogP contribution in [0.1, 0.15) is 50.4 Å². The second-order valence-corrected chi connectivity index (χ2v) is 28.7. The normalized spacial score (nSPS) is 12.6. The van der Waals surface area contributed by atoms with E-state index in [1.54, 1.807) is 0 Å². The van der Waals surface area contributed by atoms with Gasteiger partial charge in [-0.3, -0.25) is 0 Å². The zero-order chi connectivity index (χ0) is 71.7. The molecule has 1 atom stereocenters. The molecule has 3 nitrogen and oxygen atoms in total. The van der Waals surface area contributed by atoms with E-state index in [4.69, 9.17) is 0 Å². The van der Waals surface area contributed by atoms with Gasteiger partial charge in [0.05, 0.1) is 38.5 Å². The van der Waals surface area contributed by atoms with Crippen molar-refractivity contribution in [1.29, 1.82) is 0 Å². The lowest BCUT2D eigenvalue weighted by Gasteiger charge is -2.37. The van der Waals surface area contributed by atoms with E-state index in [1.807, 2.05) is 0 Å². The summed E-state index contributed by atoms with van der Waals surface area (Å²) >= 11 is 0. The molecule has 0 N–H and O–H groups in total. The predicted molar refractivity (Wildman–Crippen MR) is 454 cm³/mol. The largest absolute Gasteiger partial charge is 0.309 e. The fourth-order valence-electron chi connectivity index (χ4n) is 17.7. The summed E-state index contributed by atoms with van der Waals surface area (Å²) in [5, 5.41) is 7.48. The Balaban J connectivity index is 0.000000150. The quantitative estimate of drug-likeness (QED) is 0.108. The van der Waals surface area contributed by atoms with Crippen molar-refractivity contribution >= 4 is 65.4 Å². The standard InChI is InChI=1S/C61H42N2.C44H31N/c1-6-19-43(20-7-1)44-21-18-30-52(39-44)63-59-37-34-46(45-33-36-58-54(40-45)53-31-16-17-32-57(53)62(58)51-28-14-5-15-29-51)41-55(59)56-42-50(35-38-60(56)63)61(47-22-8-2-9-23-47,48-24-10-3-11-25-48)49-26-12-4-13-27-49;1-29-19-23-42-40(25-29)41-28-34(21-24-43(41)45(42)35-16-10-15-32(26-35)30-11-4-2-5-12-30)33-20-22-38-39(27-33)36-17-8-9-18-37(36)44(38)31-13-6-3-7-14-31/h1-42H;2-28,44H,1H3. The van der Waals surface area contributed by atoms with Crippen molar-refractivity contribution in [2.45, 2.75) is 18.3 Å². The Morgan fingerprint density at radius 3 is 1.09 bits per heavy atom. The number of rotatable bonds is 12. The molecule has 0 fully saturated rings. The number of fused-ring (bicyclic) bond motifs is 12. The van der Waals surface area contributed by atoms with Gasteiger partial charge in [0.1, 0.15) is 0 Å². The van der Waals surface area contributed by atoms with E-state index < -0.39 is 5.41 Å². The Hall–Kier alpha value is -13.9. The molecule has 508 valence electrons. The van der Waals surface area contributed by atoms with Crippen LogP contribution in [0.4, 0.5) is 0 Å². The fraction of sp³-hybridized carbons (Fsp3) is 0.0286. The molecule has 0 bridgehead atoms. The van der Waals surface area contributed by atoms with Crippen molar-refractivity contribution in [1.82, 2.24) is 13.7 Å². The first-order valence-corrected chi connectivity index (χ1v) is 37.5. The Labute approximate surface area is 629 Å². The van der Waals surface area contributed by atoms with Crippen molar-refractivity contribution in [3.05, 3.63) is 463 Å². The molecule has 0 saturated carbocycles. The molecule has 17 aromatic carbocycles. The lowest BCUT2D eigenvalue weighted by Crippen LogP contribution is -2.30. The van der Waals surface area contributed by atoms with Crippen LogP contribution >= 0.6 is 0 Å². The Morgan fingerprint density at radius 1 is 0.204 bits per heavy atom. The van der Waals surface area contributed by atoms with Crippen LogP contribution in [0.5, 0.6) is 0 Å². The van der Waals surface area contributed by atoms with Gasteiger partial charge in [-0.05, 0) is 211 Å². The highest BCUT2D eigenvalue weighted by molar-refractivity contribution is 6.14. The molecule has 0 amide bonds. The van der Waals surface area contributed by atoms with Gasteiger partial charge in [0.15, 0.2) is 0 Å². The molecule has 0 aliphatic heterocycles. The van der Waals surface area contributed by atoms with Crippen molar-refractivity contribution in [3.63, 3.8) is 0 Å². The van der Waals surface area contributed by atoms with Gasteiger partial charge in [0.25, 0.3) is 0 Å². The smallest absolute Gasteiger partial charge is 0.0701 e. The Kier molecular flexibility index (Phi) is 15.8. The average Bonchev–Trinajstić information content (AvgIpc) is 1.64. The second kappa shape index (κ2) is 26.7. The summed E-state index contributed by atoms with van der Waals surface area (Å²) in [5.74, 6) is 0.265. The molecule has 3 heterocycles. The highest BCUT2D eigenvalue weighted by Crippen LogP contribution is 2.51. The molecular weight excluding hydrogens is 1300 g/mol. The van der Waals surface area contributed by atoms with Gasteiger partial charge in [-0.25, -0.2) is 0 Å². The van der Waals surface area contributed by atoms with Gasteiger partial charge < -0.3 is 13.7 Å². The van der Waals surface area contributed by atoms with Crippen LogP contribution < -0.4 is 0 Å². The maximum Gasteiger partial charge on any atom is 0.0701 e. The van der Waals surface area contributed by atoms with Crippen LogP contribution in [0.2, 0.25) is 0 Å². The number of hydrogen-bond donors (Lipinski definition) is 0. The van der Waals surface area contributed by atoms with Gasteiger partial charge in [0.2, 0.25) is 0 Å². The lowest BCUT2D eigenvalue weighted by atomic mass is 9.65. The minimum Gasteiger partial charge on any atom is -0.309 e. The topological polar surface area (TPSA) is 14.8 Å². The van der Waals surface area contributed by atoms with E-state index in [9.17, 15) is 0 Å². The molecule has 3 heteroatoms. The summed E-state index contributed by atoms with van der Waals surface area (Å²) in [7, 11) is 0. The van der Waals surface area contributed by atoms with E-state index in [0.29, 0.717) is 0 Å². The number of aromatic nitrogens is 3. The van der Waals surface area contributed by atoms with E-state index in [1.165, 1.54) is 171 Å². The molecule has 3 aromatic heterocycles. The number of para-hydroxylation sites is 2. The zero-order valence-corrected chi connectivity index (χ0v) is 59.8. The van der Waals surface area contributed by atoms with Gasteiger partial charge in [-0.1, -0.05) is 315 Å². The van der Waals surface area contributed by atoms with Crippen molar-refractivity contribution in [3.8, 4) is 72.7 Å². The first-order chi connectivity index (χ1) is 53.5. The Morgan fingerprint density at radius 2 is 0.556 bits per heavy atom. The molecule has 1 aliphatic carbocycles. The molecule has 1 aliphatic rings. The Bertz CT molecular complexity index is 6670. The summed E-state index contributed by atoms with van der Waals surface area (Å²) in [6.07, 6.45) is 0. The monoisotopic (exact) mass is 1380 g/mol. The maximum atomic E-state index is 2.47. The molecule has 1 unspecified atom stereocenters. The summed E-state index contributed by atoms with van der Waals surface area (Å²) < 4.78 is 7.26. The number of benzene rings is 17. The minimum atomic E-state index is -0.574. The highest BCUT2D eigenvalue weighted by Gasteiger charge is 2.39. The van der Waals surface area contributed by atoms with Crippen molar-refractivity contribution in [2.75, 3.05) is 0 Å². The molecule has 0 radical (unpaired) electrons. The fourth-order valence-corrected chi connectivity index (χ4v) is 17.7. The third kappa shape index (κ3) is 10.8. The third-order valence-corrected chi connectivity index (χ3v) is 22.6. The van der Waals surface area contributed by atoms with Crippen LogP contribution in [0, 0.1) is 6.92 Å². The molecule has 0 spiro atoms. The third-order valence-electron chi connectivity index (χ3n) is 22.6. The van der Waals surface area contributed by atoms with Crippen LogP contribution in [0.3, 0.4) is 0 Å². The molecule has 0 saturated heterocycles. The number of hydrogen-bond acceptors (Lipinski definition) is 0. The van der Waals surface area contributed by atoms with Crippen LogP contribution in [0.25, 0.3) is 138 Å².